The molecule has 9 heteroatoms. The smallest absolute Gasteiger partial charge is 0.240 e. The molecular formula is C13H18ClN3O4S. The number of aliphatic hydroxyl groups is 1. The summed E-state index contributed by atoms with van der Waals surface area (Å²) in [6.45, 7) is 0.783. The lowest BCUT2D eigenvalue weighted by Crippen LogP contribution is -2.42. The van der Waals surface area contributed by atoms with Gasteiger partial charge in [-0.1, -0.05) is 0 Å². The first-order chi connectivity index (χ1) is 9.95. The molecule has 0 radical (unpaired) electrons. The zero-order valence-corrected chi connectivity index (χ0v) is 13.3. The van der Waals surface area contributed by atoms with Crippen molar-refractivity contribution in [3.05, 3.63) is 23.8 Å². The first kappa shape index (κ1) is 17.2. The van der Waals surface area contributed by atoms with E-state index in [9.17, 15) is 18.3 Å². The summed E-state index contributed by atoms with van der Waals surface area (Å²) >= 11 is 0. The molecule has 2 aliphatic rings. The van der Waals surface area contributed by atoms with Crippen LogP contribution in [0.4, 0.5) is 5.69 Å². The Morgan fingerprint density at radius 3 is 2.68 bits per heavy atom. The number of benzene rings is 1. The van der Waals surface area contributed by atoms with E-state index < -0.39 is 22.2 Å². The van der Waals surface area contributed by atoms with Gasteiger partial charge in [0, 0.05) is 25.2 Å². The molecule has 1 aromatic carbocycles. The van der Waals surface area contributed by atoms with Crippen LogP contribution in [0.25, 0.3) is 0 Å². The number of β-amino-alcohol motifs (C(OH)–C–C–N with tert-alkyl or cyclic N) is 1. The number of sulfonamides is 1. The highest BCUT2D eigenvalue weighted by molar-refractivity contribution is 7.89. The molecular weight excluding hydrogens is 330 g/mol. The molecule has 1 amide bonds. The number of aliphatic hydroxyl groups excluding tert-OH is 1. The number of nitrogens with one attached hydrogen (secondary N) is 3. The molecule has 1 saturated heterocycles. The molecule has 0 spiro atoms. The normalized spacial score (nSPS) is 24.3. The quantitative estimate of drug-likeness (QED) is 0.595. The number of aryl methyl sites for hydroxylation is 1. The van der Waals surface area contributed by atoms with E-state index in [4.69, 9.17) is 0 Å². The zero-order chi connectivity index (χ0) is 15.0. The fourth-order valence-corrected chi connectivity index (χ4v) is 3.90. The predicted molar refractivity (Wildman–Crippen MR) is 83.6 cm³/mol. The largest absolute Gasteiger partial charge is 0.390 e. The topological polar surface area (TPSA) is 108 Å². The molecule has 22 heavy (non-hydrogen) atoms. The number of amides is 1. The number of carbonyl (C=O) groups excluding carboxylic acids is 1. The Hall–Kier alpha value is -1.19. The number of fused-ring (bicyclic) bond motifs is 1. The number of carbonyl (C=O) groups is 1. The minimum absolute atomic E-state index is 0. The molecule has 2 atom stereocenters. The van der Waals surface area contributed by atoms with Gasteiger partial charge < -0.3 is 15.7 Å². The van der Waals surface area contributed by atoms with Crippen molar-refractivity contribution in [1.82, 2.24) is 10.0 Å². The Morgan fingerprint density at radius 1 is 1.23 bits per heavy atom. The molecule has 0 bridgehead atoms. The third-order valence-electron chi connectivity index (χ3n) is 3.77. The predicted octanol–water partition coefficient (Wildman–Crippen LogP) is -0.396. The lowest BCUT2D eigenvalue weighted by molar-refractivity contribution is -0.116. The first-order valence-corrected chi connectivity index (χ1v) is 8.28. The van der Waals surface area contributed by atoms with Gasteiger partial charge in [0.15, 0.2) is 0 Å². The van der Waals surface area contributed by atoms with Crippen LogP contribution in [0.15, 0.2) is 23.1 Å². The van der Waals surface area contributed by atoms with Crippen molar-refractivity contribution in [1.29, 1.82) is 0 Å². The van der Waals surface area contributed by atoms with Crippen LogP contribution in [0, 0.1) is 0 Å². The van der Waals surface area contributed by atoms with Crippen LogP contribution < -0.4 is 15.4 Å². The molecule has 1 aromatic rings. The van der Waals surface area contributed by atoms with Crippen molar-refractivity contribution in [3.8, 4) is 0 Å². The van der Waals surface area contributed by atoms with Crippen LogP contribution in [0.1, 0.15) is 12.0 Å². The van der Waals surface area contributed by atoms with Gasteiger partial charge in [0.25, 0.3) is 0 Å². The Bertz CT molecular complexity index is 680. The maximum atomic E-state index is 12.3. The van der Waals surface area contributed by atoms with Crippen LogP contribution >= 0.6 is 12.4 Å². The van der Waals surface area contributed by atoms with Crippen molar-refractivity contribution in [2.75, 3.05) is 18.4 Å². The molecule has 2 aliphatic heterocycles. The third-order valence-corrected chi connectivity index (χ3v) is 5.26. The van der Waals surface area contributed by atoms with Crippen LogP contribution in [-0.2, 0) is 21.2 Å². The summed E-state index contributed by atoms with van der Waals surface area (Å²) in [5.41, 5.74) is 1.47. The minimum atomic E-state index is -3.69. The highest BCUT2D eigenvalue weighted by atomic mass is 35.5. The summed E-state index contributed by atoms with van der Waals surface area (Å²) in [5.74, 6) is -0.0589. The summed E-state index contributed by atoms with van der Waals surface area (Å²) in [5, 5.41) is 15.3. The van der Waals surface area contributed by atoms with Crippen LogP contribution in [0.3, 0.4) is 0 Å². The van der Waals surface area contributed by atoms with E-state index >= 15 is 0 Å². The average Bonchev–Trinajstić information content (AvgIpc) is 2.83. The molecule has 2 heterocycles. The van der Waals surface area contributed by atoms with E-state index in [1.54, 1.807) is 12.1 Å². The highest BCUT2D eigenvalue weighted by Gasteiger charge is 2.30. The summed E-state index contributed by atoms with van der Waals surface area (Å²) in [6, 6.07) is 4.11. The van der Waals surface area contributed by atoms with E-state index in [0.717, 1.165) is 5.56 Å². The number of halogens is 1. The lowest BCUT2D eigenvalue weighted by atomic mass is 10.0. The molecule has 7 nitrogen and oxygen atoms in total. The maximum Gasteiger partial charge on any atom is 0.240 e. The van der Waals surface area contributed by atoms with Crippen LogP contribution in [0.2, 0.25) is 0 Å². The van der Waals surface area contributed by atoms with E-state index in [1.807, 2.05) is 0 Å². The Kier molecular flexibility index (Phi) is 5.08. The van der Waals surface area contributed by atoms with Crippen molar-refractivity contribution in [3.63, 3.8) is 0 Å². The maximum absolute atomic E-state index is 12.3. The standard InChI is InChI=1S/C13H17N3O4S.ClH/c17-12-7-14-6-11(12)16-21(19,20)9-2-3-10-8(5-9)1-4-13(18)15-10;/h2-3,5,11-12,14,16-17H,1,4,6-7H2,(H,15,18);1H/t11-,12-;/m1./s1. The van der Waals surface area contributed by atoms with E-state index in [1.165, 1.54) is 6.07 Å². The van der Waals surface area contributed by atoms with Crippen molar-refractivity contribution in [2.24, 2.45) is 0 Å². The van der Waals surface area contributed by atoms with Crippen molar-refractivity contribution < 1.29 is 18.3 Å². The fraction of sp³-hybridized carbons (Fsp3) is 0.462. The molecule has 0 saturated carbocycles. The Labute approximate surface area is 134 Å². The molecule has 1 fully saturated rings. The SMILES string of the molecule is Cl.O=C1CCc2cc(S(=O)(=O)N[C@@H]3CNC[C@H]3O)ccc2N1. The average molecular weight is 348 g/mol. The van der Waals surface area contributed by atoms with E-state index in [2.05, 4.69) is 15.4 Å². The van der Waals surface area contributed by atoms with Gasteiger partial charge in [-0.25, -0.2) is 13.1 Å². The number of anilines is 1. The summed E-state index contributed by atoms with van der Waals surface area (Å²) < 4.78 is 27.2. The molecule has 4 N–H and O–H groups in total. The summed E-state index contributed by atoms with van der Waals surface area (Å²) in [7, 11) is -3.69. The van der Waals surface area contributed by atoms with Gasteiger partial charge in [-0.2, -0.15) is 0 Å². The first-order valence-electron chi connectivity index (χ1n) is 6.79. The van der Waals surface area contributed by atoms with Gasteiger partial charge in [0.1, 0.15) is 0 Å². The van der Waals surface area contributed by atoms with Gasteiger partial charge >= 0.3 is 0 Å². The van der Waals surface area contributed by atoms with Gasteiger partial charge in [-0.05, 0) is 30.2 Å². The van der Waals surface area contributed by atoms with Crippen molar-refractivity contribution in [2.45, 2.75) is 29.9 Å². The molecule has 3 rings (SSSR count). The van der Waals surface area contributed by atoms with Crippen LogP contribution in [-0.4, -0.2) is 44.7 Å². The molecule has 0 unspecified atom stereocenters. The lowest BCUT2D eigenvalue weighted by Gasteiger charge is -2.19. The number of hydrogen-bond donors (Lipinski definition) is 4. The second-order valence-corrected chi connectivity index (χ2v) is 7.03. The molecule has 0 aliphatic carbocycles. The second kappa shape index (κ2) is 6.51. The van der Waals surface area contributed by atoms with Gasteiger partial charge in [0.2, 0.25) is 15.9 Å². The third kappa shape index (κ3) is 3.41. The fourth-order valence-electron chi connectivity index (χ4n) is 2.58. The van der Waals surface area contributed by atoms with Gasteiger partial charge in [0.05, 0.1) is 17.0 Å². The summed E-state index contributed by atoms with van der Waals surface area (Å²) in [4.78, 5) is 11.4. The minimum Gasteiger partial charge on any atom is -0.390 e. The number of rotatable bonds is 3. The Morgan fingerprint density at radius 2 is 2.00 bits per heavy atom. The van der Waals surface area contributed by atoms with Crippen molar-refractivity contribution >= 4 is 34.0 Å². The van der Waals surface area contributed by atoms with E-state index in [-0.39, 0.29) is 23.2 Å². The highest BCUT2D eigenvalue weighted by Crippen LogP contribution is 2.25. The van der Waals surface area contributed by atoms with Gasteiger partial charge in [-0.15, -0.1) is 12.4 Å². The Balaban J connectivity index is 0.00000176. The van der Waals surface area contributed by atoms with Crippen LogP contribution in [0.5, 0.6) is 0 Å². The summed E-state index contributed by atoms with van der Waals surface area (Å²) in [6.07, 6.45) is 0.157. The molecule has 122 valence electrons. The van der Waals surface area contributed by atoms with Gasteiger partial charge in [-0.3, -0.25) is 4.79 Å². The zero-order valence-electron chi connectivity index (χ0n) is 11.7. The monoisotopic (exact) mass is 347 g/mol. The molecule has 0 aromatic heterocycles. The second-order valence-electron chi connectivity index (χ2n) is 5.32. The number of hydrogen-bond acceptors (Lipinski definition) is 5. The van der Waals surface area contributed by atoms with E-state index in [0.29, 0.717) is 31.6 Å².